The molecule has 0 spiro atoms. The minimum Gasteiger partial charge on any atom is -0.478 e. The number of rotatable bonds is 3. The van der Waals surface area contributed by atoms with Crippen LogP contribution in [0.3, 0.4) is 0 Å². The summed E-state index contributed by atoms with van der Waals surface area (Å²) >= 11 is 4.23. The molecule has 1 aromatic carbocycles. The Morgan fingerprint density at radius 1 is 1.25 bits per heavy atom. The van der Waals surface area contributed by atoms with E-state index in [0.717, 1.165) is 11.3 Å². The Morgan fingerprint density at radius 3 is 2.70 bits per heavy atom. The zero-order chi connectivity index (χ0) is 14.7. The molecular formula is C12H8BrFN2O3S. The summed E-state index contributed by atoms with van der Waals surface area (Å²) in [5, 5.41) is 15.3. The topological polar surface area (TPSA) is 78.4 Å². The quantitative estimate of drug-likeness (QED) is 0.775. The number of anilines is 2. The number of nitrogens with one attached hydrogen (secondary N) is 2. The summed E-state index contributed by atoms with van der Waals surface area (Å²) in [7, 11) is 0. The second-order valence-electron chi connectivity index (χ2n) is 3.67. The molecule has 0 atom stereocenters. The van der Waals surface area contributed by atoms with Gasteiger partial charge in [0.15, 0.2) is 0 Å². The van der Waals surface area contributed by atoms with Crippen molar-refractivity contribution >= 4 is 50.0 Å². The first-order valence-corrected chi connectivity index (χ1v) is 6.98. The van der Waals surface area contributed by atoms with Crippen LogP contribution in [0, 0.1) is 5.82 Å². The smallest absolute Gasteiger partial charge is 0.338 e. The normalized spacial score (nSPS) is 10.1. The van der Waals surface area contributed by atoms with Crippen LogP contribution in [0.15, 0.2) is 34.1 Å². The van der Waals surface area contributed by atoms with Crippen molar-refractivity contribution in [2.75, 3.05) is 10.6 Å². The van der Waals surface area contributed by atoms with Gasteiger partial charge in [-0.25, -0.2) is 14.0 Å². The molecule has 0 saturated carbocycles. The number of carboxylic acid groups (broad SMARTS) is 1. The highest BCUT2D eigenvalue weighted by Gasteiger charge is 2.14. The van der Waals surface area contributed by atoms with E-state index in [1.54, 1.807) is 5.38 Å². The number of carbonyl (C=O) groups excluding carboxylic acids is 1. The lowest BCUT2D eigenvalue weighted by Crippen LogP contribution is -2.20. The van der Waals surface area contributed by atoms with Gasteiger partial charge in [0.25, 0.3) is 0 Å². The Bertz CT molecular complexity index is 674. The van der Waals surface area contributed by atoms with E-state index in [-0.39, 0.29) is 16.3 Å². The molecule has 20 heavy (non-hydrogen) atoms. The molecule has 2 aromatic rings. The van der Waals surface area contributed by atoms with E-state index in [2.05, 4.69) is 26.6 Å². The summed E-state index contributed by atoms with van der Waals surface area (Å²) in [5.41, 5.74) is -0.0230. The standard InChI is InChI=1S/C12H8BrFN2O3S/c13-6-1-2-8(14)9(5-6)15-12(19)16-10-7(11(17)18)3-4-20-10/h1-5H,(H,17,18)(H2,15,16,19). The molecule has 0 bridgehead atoms. The van der Waals surface area contributed by atoms with Gasteiger partial charge in [0, 0.05) is 4.47 Å². The fraction of sp³-hybridized carbons (Fsp3) is 0. The Balaban J connectivity index is 2.11. The molecule has 0 unspecified atom stereocenters. The highest BCUT2D eigenvalue weighted by molar-refractivity contribution is 9.10. The molecule has 0 radical (unpaired) electrons. The van der Waals surface area contributed by atoms with Crippen molar-refractivity contribution in [1.82, 2.24) is 0 Å². The summed E-state index contributed by atoms with van der Waals surface area (Å²) in [6.45, 7) is 0. The van der Waals surface area contributed by atoms with Gasteiger partial charge in [0.2, 0.25) is 0 Å². The summed E-state index contributed by atoms with van der Waals surface area (Å²) < 4.78 is 14.1. The van der Waals surface area contributed by atoms with Gasteiger partial charge in [-0.05, 0) is 29.6 Å². The molecule has 1 heterocycles. The molecule has 0 aliphatic heterocycles. The van der Waals surface area contributed by atoms with Crippen LogP contribution >= 0.6 is 27.3 Å². The summed E-state index contributed by atoms with van der Waals surface area (Å²) in [6.07, 6.45) is 0. The molecule has 0 aliphatic rings. The molecule has 2 amide bonds. The third kappa shape index (κ3) is 3.34. The van der Waals surface area contributed by atoms with Crippen LogP contribution in [0.2, 0.25) is 0 Å². The Morgan fingerprint density at radius 2 is 2.00 bits per heavy atom. The number of hydrogen-bond acceptors (Lipinski definition) is 3. The van der Waals surface area contributed by atoms with Crippen molar-refractivity contribution < 1.29 is 19.1 Å². The van der Waals surface area contributed by atoms with Gasteiger partial charge in [-0.15, -0.1) is 11.3 Å². The number of thiophene rings is 1. The summed E-state index contributed by atoms with van der Waals surface area (Å²) in [6, 6.07) is 4.77. The lowest BCUT2D eigenvalue weighted by atomic mass is 10.3. The molecule has 0 fully saturated rings. The number of urea groups is 1. The van der Waals surface area contributed by atoms with Crippen molar-refractivity contribution in [3.8, 4) is 0 Å². The maximum atomic E-state index is 13.5. The van der Waals surface area contributed by atoms with Crippen LogP contribution in [0.5, 0.6) is 0 Å². The largest absolute Gasteiger partial charge is 0.478 e. The first-order valence-electron chi connectivity index (χ1n) is 5.31. The second kappa shape index (κ2) is 6.02. The van der Waals surface area contributed by atoms with Gasteiger partial charge in [0.05, 0.1) is 11.3 Å². The predicted octanol–water partition coefficient (Wildman–Crippen LogP) is 3.99. The van der Waals surface area contributed by atoms with Crippen LogP contribution in [0.1, 0.15) is 10.4 Å². The van der Waals surface area contributed by atoms with Gasteiger partial charge in [-0.1, -0.05) is 15.9 Å². The molecule has 104 valence electrons. The summed E-state index contributed by atoms with van der Waals surface area (Å²) in [4.78, 5) is 22.6. The Labute approximate surface area is 125 Å². The van der Waals surface area contributed by atoms with Crippen LogP contribution in [0.4, 0.5) is 19.9 Å². The van der Waals surface area contributed by atoms with Crippen molar-refractivity contribution in [2.45, 2.75) is 0 Å². The predicted molar refractivity (Wildman–Crippen MR) is 78.0 cm³/mol. The fourth-order valence-corrected chi connectivity index (χ4v) is 2.56. The first kappa shape index (κ1) is 14.5. The van der Waals surface area contributed by atoms with Gasteiger partial charge in [0.1, 0.15) is 10.8 Å². The molecule has 0 saturated heterocycles. The lowest BCUT2D eigenvalue weighted by Gasteiger charge is -2.08. The number of amides is 2. The zero-order valence-electron chi connectivity index (χ0n) is 9.81. The van der Waals surface area contributed by atoms with Gasteiger partial charge in [-0.3, -0.25) is 5.32 Å². The monoisotopic (exact) mass is 358 g/mol. The van der Waals surface area contributed by atoms with E-state index in [1.807, 2.05) is 0 Å². The second-order valence-corrected chi connectivity index (χ2v) is 5.50. The van der Waals surface area contributed by atoms with E-state index in [4.69, 9.17) is 5.11 Å². The van der Waals surface area contributed by atoms with Crippen LogP contribution in [0.25, 0.3) is 0 Å². The lowest BCUT2D eigenvalue weighted by molar-refractivity contribution is 0.0698. The highest BCUT2D eigenvalue weighted by atomic mass is 79.9. The van der Waals surface area contributed by atoms with Crippen molar-refractivity contribution in [2.24, 2.45) is 0 Å². The Hall–Kier alpha value is -1.93. The molecular weight excluding hydrogens is 351 g/mol. The molecule has 5 nitrogen and oxygen atoms in total. The first-order chi connectivity index (χ1) is 9.47. The van der Waals surface area contributed by atoms with Gasteiger partial charge in [-0.2, -0.15) is 0 Å². The fourth-order valence-electron chi connectivity index (χ4n) is 1.42. The number of carboxylic acids is 1. The van der Waals surface area contributed by atoms with Gasteiger partial charge < -0.3 is 10.4 Å². The van der Waals surface area contributed by atoms with E-state index in [9.17, 15) is 14.0 Å². The number of hydrogen-bond donors (Lipinski definition) is 3. The number of aromatic carboxylic acids is 1. The maximum absolute atomic E-state index is 13.5. The Kier molecular flexibility index (Phi) is 4.35. The SMILES string of the molecule is O=C(Nc1cc(Br)ccc1F)Nc1sccc1C(=O)O. The van der Waals surface area contributed by atoms with Crippen molar-refractivity contribution in [3.05, 3.63) is 45.5 Å². The van der Waals surface area contributed by atoms with Crippen molar-refractivity contribution in [1.29, 1.82) is 0 Å². The van der Waals surface area contributed by atoms with E-state index >= 15 is 0 Å². The van der Waals surface area contributed by atoms with Crippen LogP contribution in [-0.2, 0) is 0 Å². The van der Waals surface area contributed by atoms with Crippen LogP contribution < -0.4 is 10.6 Å². The van der Waals surface area contributed by atoms with E-state index in [1.165, 1.54) is 24.3 Å². The third-order valence-electron chi connectivity index (χ3n) is 2.30. The summed E-state index contributed by atoms with van der Waals surface area (Å²) in [5.74, 6) is -1.73. The average molecular weight is 359 g/mol. The number of benzene rings is 1. The van der Waals surface area contributed by atoms with E-state index < -0.39 is 17.8 Å². The van der Waals surface area contributed by atoms with E-state index in [0.29, 0.717) is 4.47 Å². The van der Waals surface area contributed by atoms with Crippen LogP contribution in [-0.4, -0.2) is 17.1 Å². The number of carbonyl (C=O) groups is 2. The zero-order valence-corrected chi connectivity index (χ0v) is 12.2. The molecule has 3 N–H and O–H groups in total. The highest BCUT2D eigenvalue weighted by Crippen LogP contribution is 2.24. The molecule has 8 heteroatoms. The minimum absolute atomic E-state index is 0.00898. The molecule has 2 rings (SSSR count). The minimum atomic E-state index is -1.14. The molecule has 0 aliphatic carbocycles. The maximum Gasteiger partial charge on any atom is 0.338 e. The average Bonchev–Trinajstić information content (AvgIpc) is 2.82. The number of halogens is 2. The van der Waals surface area contributed by atoms with Crippen molar-refractivity contribution in [3.63, 3.8) is 0 Å². The molecule has 1 aromatic heterocycles. The third-order valence-corrected chi connectivity index (χ3v) is 3.62. The van der Waals surface area contributed by atoms with Gasteiger partial charge >= 0.3 is 12.0 Å².